The molecule has 0 aromatic rings. The Labute approximate surface area is 62.9 Å². The maximum Gasteiger partial charge on any atom is -0.00946 e. The van der Waals surface area contributed by atoms with Crippen LogP contribution >= 0.6 is 0 Å². The first-order valence-electron chi connectivity index (χ1n) is 3.70. The molecule has 1 rings (SSSR count). The van der Waals surface area contributed by atoms with Crippen LogP contribution in [0.1, 0.15) is 26.7 Å². The summed E-state index contributed by atoms with van der Waals surface area (Å²) in [6.45, 7) is 8.18. The monoisotopic (exact) mass is 134 g/mol. The van der Waals surface area contributed by atoms with Crippen LogP contribution in [-0.4, -0.2) is 0 Å². The lowest BCUT2D eigenvalue weighted by Crippen LogP contribution is -1.96. The van der Waals surface area contributed by atoms with Crippen LogP contribution in [0, 0.1) is 0 Å². The van der Waals surface area contributed by atoms with Gasteiger partial charge in [-0.25, -0.2) is 0 Å². The van der Waals surface area contributed by atoms with E-state index in [4.69, 9.17) is 0 Å². The Morgan fingerprint density at radius 3 is 2.70 bits per heavy atom. The van der Waals surface area contributed by atoms with Crippen LogP contribution in [0.25, 0.3) is 0 Å². The van der Waals surface area contributed by atoms with Gasteiger partial charge in [-0.3, -0.25) is 0 Å². The highest BCUT2D eigenvalue weighted by atomic mass is 14.1. The lowest BCUT2D eigenvalue weighted by molar-refractivity contribution is 1.03. The Morgan fingerprint density at radius 2 is 2.40 bits per heavy atom. The van der Waals surface area contributed by atoms with Crippen molar-refractivity contribution in [1.82, 2.24) is 0 Å². The molecule has 0 bridgehead atoms. The van der Waals surface area contributed by atoms with E-state index in [9.17, 15) is 0 Å². The third-order valence-corrected chi connectivity index (χ3v) is 1.78. The van der Waals surface area contributed by atoms with Crippen LogP contribution in [0.5, 0.6) is 0 Å². The average molecular weight is 134 g/mol. The van der Waals surface area contributed by atoms with E-state index in [0.29, 0.717) is 0 Å². The molecule has 1 aliphatic rings. The van der Waals surface area contributed by atoms with Crippen molar-refractivity contribution in [1.29, 1.82) is 0 Å². The Kier molecular flexibility index (Phi) is 2.10. The summed E-state index contributed by atoms with van der Waals surface area (Å²) in [6.07, 6.45) is 6.69. The van der Waals surface area contributed by atoms with Crippen LogP contribution in [0.2, 0.25) is 0 Å². The van der Waals surface area contributed by atoms with E-state index < -0.39 is 0 Å². The zero-order chi connectivity index (χ0) is 7.56. The molecule has 0 spiro atoms. The van der Waals surface area contributed by atoms with Crippen molar-refractivity contribution in [2.75, 3.05) is 0 Å². The summed E-state index contributed by atoms with van der Waals surface area (Å²) in [5.74, 6) is 0. The molecule has 0 unspecified atom stereocenters. The van der Waals surface area contributed by atoms with Gasteiger partial charge in [-0.15, -0.1) is 0 Å². The van der Waals surface area contributed by atoms with Gasteiger partial charge in [-0.1, -0.05) is 24.3 Å². The predicted molar refractivity (Wildman–Crippen MR) is 45.9 cm³/mol. The SMILES string of the molecule is C=C1CC=C1CC=C(C)C. The van der Waals surface area contributed by atoms with E-state index in [0.717, 1.165) is 12.8 Å². The van der Waals surface area contributed by atoms with Gasteiger partial charge in [-0.2, -0.15) is 0 Å². The second kappa shape index (κ2) is 2.87. The molecule has 0 nitrogen and oxygen atoms in total. The van der Waals surface area contributed by atoms with E-state index in [2.05, 4.69) is 32.6 Å². The van der Waals surface area contributed by atoms with Gasteiger partial charge in [0.05, 0.1) is 0 Å². The number of allylic oxidation sites excluding steroid dienone is 5. The van der Waals surface area contributed by atoms with Crippen molar-refractivity contribution < 1.29 is 0 Å². The fourth-order valence-corrected chi connectivity index (χ4v) is 0.932. The molecule has 0 aliphatic heterocycles. The topological polar surface area (TPSA) is 0 Å². The Bertz CT molecular complexity index is 200. The fourth-order valence-electron chi connectivity index (χ4n) is 0.932. The molecule has 1 aliphatic carbocycles. The van der Waals surface area contributed by atoms with E-state index >= 15 is 0 Å². The molecular formula is C10H14. The molecule has 0 amide bonds. The smallest absolute Gasteiger partial charge is 0.00946 e. The lowest BCUT2D eigenvalue weighted by Gasteiger charge is -2.15. The largest absolute Gasteiger partial charge is 0.0952 e. The summed E-state index contributed by atoms with van der Waals surface area (Å²) < 4.78 is 0. The second-order valence-corrected chi connectivity index (χ2v) is 3.02. The minimum absolute atomic E-state index is 1.08. The highest BCUT2D eigenvalue weighted by Crippen LogP contribution is 2.27. The molecule has 0 atom stereocenters. The second-order valence-electron chi connectivity index (χ2n) is 3.02. The van der Waals surface area contributed by atoms with Crippen molar-refractivity contribution in [3.8, 4) is 0 Å². The molecular weight excluding hydrogens is 120 g/mol. The molecule has 0 fully saturated rings. The van der Waals surface area contributed by atoms with Gasteiger partial charge in [0.2, 0.25) is 0 Å². The summed E-state index contributed by atoms with van der Waals surface area (Å²) in [7, 11) is 0. The fraction of sp³-hybridized carbons (Fsp3) is 0.400. The van der Waals surface area contributed by atoms with Crippen molar-refractivity contribution in [2.24, 2.45) is 0 Å². The summed E-state index contributed by atoms with van der Waals surface area (Å²) >= 11 is 0. The van der Waals surface area contributed by atoms with Gasteiger partial charge in [0, 0.05) is 0 Å². The summed E-state index contributed by atoms with van der Waals surface area (Å²) in [4.78, 5) is 0. The Morgan fingerprint density at radius 1 is 1.70 bits per heavy atom. The zero-order valence-electron chi connectivity index (χ0n) is 6.78. The molecule has 0 heterocycles. The van der Waals surface area contributed by atoms with Gasteiger partial charge >= 0.3 is 0 Å². The zero-order valence-corrected chi connectivity index (χ0v) is 6.78. The highest BCUT2D eigenvalue weighted by Gasteiger charge is 2.07. The summed E-state index contributed by atoms with van der Waals surface area (Å²) in [5.41, 5.74) is 4.14. The quantitative estimate of drug-likeness (QED) is 0.509. The van der Waals surface area contributed by atoms with Gasteiger partial charge in [-0.05, 0) is 37.8 Å². The van der Waals surface area contributed by atoms with Crippen LogP contribution in [-0.2, 0) is 0 Å². The third-order valence-electron chi connectivity index (χ3n) is 1.78. The first-order valence-corrected chi connectivity index (χ1v) is 3.70. The molecule has 0 saturated heterocycles. The molecule has 0 N–H and O–H groups in total. The number of rotatable bonds is 2. The minimum atomic E-state index is 1.08. The van der Waals surface area contributed by atoms with Crippen LogP contribution in [0.3, 0.4) is 0 Å². The van der Waals surface area contributed by atoms with E-state index in [1.54, 1.807) is 0 Å². The normalized spacial score (nSPS) is 15.8. The highest BCUT2D eigenvalue weighted by molar-refractivity contribution is 5.41. The van der Waals surface area contributed by atoms with Crippen LogP contribution in [0.15, 0.2) is 35.5 Å². The summed E-state index contributed by atoms with van der Waals surface area (Å²) in [5, 5.41) is 0. The van der Waals surface area contributed by atoms with Gasteiger partial charge in [0.25, 0.3) is 0 Å². The van der Waals surface area contributed by atoms with Crippen molar-refractivity contribution in [3.05, 3.63) is 35.5 Å². The number of hydrogen-bond donors (Lipinski definition) is 0. The van der Waals surface area contributed by atoms with Crippen LogP contribution in [0.4, 0.5) is 0 Å². The van der Waals surface area contributed by atoms with E-state index in [-0.39, 0.29) is 0 Å². The van der Waals surface area contributed by atoms with Crippen LogP contribution < -0.4 is 0 Å². The first-order chi connectivity index (χ1) is 4.70. The Hall–Kier alpha value is -0.780. The standard InChI is InChI=1S/C10H14/c1-8(2)4-6-10-7-5-9(10)3/h4,7H,3,5-6H2,1-2H3. The van der Waals surface area contributed by atoms with Crippen molar-refractivity contribution in [2.45, 2.75) is 26.7 Å². The van der Waals surface area contributed by atoms with Gasteiger partial charge < -0.3 is 0 Å². The molecule has 54 valence electrons. The first kappa shape index (κ1) is 7.33. The van der Waals surface area contributed by atoms with Crippen molar-refractivity contribution in [3.63, 3.8) is 0 Å². The molecule has 0 aromatic carbocycles. The van der Waals surface area contributed by atoms with Gasteiger partial charge in [0.15, 0.2) is 0 Å². The van der Waals surface area contributed by atoms with Gasteiger partial charge in [0.1, 0.15) is 0 Å². The molecule has 0 aromatic heterocycles. The molecule has 0 heteroatoms. The molecule has 0 saturated carbocycles. The molecule has 10 heavy (non-hydrogen) atoms. The average Bonchev–Trinajstić information content (AvgIpc) is 1.84. The predicted octanol–water partition coefficient (Wildman–Crippen LogP) is 3.23. The van der Waals surface area contributed by atoms with Crippen molar-refractivity contribution >= 4 is 0 Å². The third kappa shape index (κ3) is 1.60. The maximum absolute atomic E-state index is 3.92. The van der Waals surface area contributed by atoms with E-state index in [1.165, 1.54) is 16.7 Å². The summed E-state index contributed by atoms with van der Waals surface area (Å²) in [6, 6.07) is 0. The Balaban J connectivity index is 2.41. The molecule has 0 radical (unpaired) electrons. The number of hydrogen-bond acceptors (Lipinski definition) is 0. The minimum Gasteiger partial charge on any atom is -0.0952 e. The lowest BCUT2D eigenvalue weighted by atomic mass is 9.90. The van der Waals surface area contributed by atoms with E-state index in [1.807, 2.05) is 0 Å². The maximum atomic E-state index is 3.92.